The number of aromatic nitrogens is 2. The topological polar surface area (TPSA) is 74.3 Å². The van der Waals surface area contributed by atoms with Crippen LogP contribution in [-0.4, -0.2) is 110 Å². The Labute approximate surface area is 178 Å². The zero-order valence-corrected chi connectivity index (χ0v) is 18.4. The van der Waals surface area contributed by atoms with Gasteiger partial charge in [-0.15, -0.1) is 0 Å². The molecular formula is C21H34N6O3. The van der Waals surface area contributed by atoms with Crippen LogP contribution in [0.25, 0.3) is 0 Å². The molecule has 2 unspecified atom stereocenters. The molecule has 0 saturated carbocycles. The molecule has 3 saturated heterocycles. The Kier molecular flexibility index (Phi) is 6.70. The number of hydrogen-bond acceptors (Lipinski definition) is 8. The third kappa shape index (κ3) is 5.19. The van der Waals surface area contributed by atoms with Gasteiger partial charge in [0, 0.05) is 64.1 Å². The van der Waals surface area contributed by atoms with Gasteiger partial charge in [-0.2, -0.15) is 4.98 Å². The van der Waals surface area contributed by atoms with Gasteiger partial charge in [-0.25, -0.2) is 4.98 Å². The van der Waals surface area contributed by atoms with Crippen molar-refractivity contribution in [1.82, 2.24) is 19.8 Å². The molecule has 0 radical (unpaired) electrons. The molecule has 0 spiro atoms. The standard InChI is InChI=1S/C21H34N6O3/c1-16-12-19(23-21(22-16)26-8-10-29-11-9-26)25-6-4-24(5-7-25)15-20(28)27-13-17(2)30-18(3)14-27/h12,17-18H,4-11,13-15H2,1-3H3. The Morgan fingerprint density at radius 2 is 1.67 bits per heavy atom. The highest BCUT2D eigenvalue weighted by atomic mass is 16.5. The van der Waals surface area contributed by atoms with E-state index in [1.165, 1.54) is 0 Å². The molecule has 0 bridgehead atoms. The zero-order chi connectivity index (χ0) is 21.1. The van der Waals surface area contributed by atoms with Gasteiger partial charge in [-0.05, 0) is 20.8 Å². The minimum atomic E-state index is 0.108. The van der Waals surface area contributed by atoms with E-state index in [0.717, 1.165) is 69.9 Å². The molecule has 9 nitrogen and oxygen atoms in total. The predicted octanol–water partition coefficient (Wildman–Crippen LogP) is 0.379. The fourth-order valence-electron chi connectivity index (χ4n) is 4.41. The number of nitrogens with zero attached hydrogens (tertiary/aromatic N) is 6. The SMILES string of the molecule is Cc1cc(N2CCN(CC(=O)N3CC(C)OC(C)C3)CC2)nc(N2CCOCC2)n1. The summed E-state index contributed by atoms with van der Waals surface area (Å²) in [4.78, 5) is 30.9. The summed E-state index contributed by atoms with van der Waals surface area (Å²) in [7, 11) is 0. The smallest absolute Gasteiger partial charge is 0.236 e. The predicted molar refractivity (Wildman–Crippen MR) is 115 cm³/mol. The lowest BCUT2D eigenvalue weighted by Crippen LogP contribution is -2.54. The van der Waals surface area contributed by atoms with E-state index in [-0.39, 0.29) is 18.1 Å². The minimum absolute atomic E-state index is 0.108. The number of anilines is 2. The summed E-state index contributed by atoms with van der Waals surface area (Å²) in [6, 6.07) is 2.06. The summed E-state index contributed by atoms with van der Waals surface area (Å²) >= 11 is 0. The average molecular weight is 419 g/mol. The van der Waals surface area contributed by atoms with Crippen LogP contribution in [0.3, 0.4) is 0 Å². The van der Waals surface area contributed by atoms with Gasteiger partial charge in [0.05, 0.1) is 32.0 Å². The molecule has 9 heteroatoms. The zero-order valence-electron chi connectivity index (χ0n) is 18.4. The van der Waals surface area contributed by atoms with E-state index in [9.17, 15) is 4.79 Å². The number of hydrogen-bond donors (Lipinski definition) is 0. The fourth-order valence-corrected chi connectivity index (χ4v) is 4.41. The number of carbonyl (C=O) groups excluding carboxylic acids is 1. The average Bonchev–Trinajstić information content (AvgIpc) is 2.74. The van der Waals surface area contributed by atoms with Crippen LogP contribution in [0.4, 0.5) is 11.8 Å². The van der Waals surface area contributed by atoms with Crippen molar-refractivity contribution < 1.29 is 14.3 Å². The van der Waals surface area contributed by atoms with Crippen molar-refractivity contribution in [2.75, 3.05) is 81.9 Å². The number of ether oxygens (including phenoxy) is 2. The van der Waals surface area contributed by atoms with Crippen molar-refractivity contribution in [1.29, 1.82) is 0 Å². The molecule has 0 aromatic carbocycles. The normalized spacial score (nSPS) is 26.2. The lowest BCUT2D eigenvalue weighted by Gasteiger charge is -2.39. The molecule has 4 heterocycles. The number of carbonyl (C=O) groups is 1. The van der Waals surface area contributed by atoms with Crippen molar-refractivity contribution in [3.05, 3.63) is 11.8 Å². The second kappa shape index (κ2) is 9.45. The van der Waals surface area contributed by atoms with Crippen LogP contribution in [0.15, 0.2) is 6.07 Å². The number of morpholine rings is 2. The van der Waals surface area contributed by atoms with Crippen LogP contribution in [0.1, 0.15) is 19.5 Å². The summed E-state index contributed by atoms with van der Waals surface area (Å²) < 4.78 is 11.2. The highest BCUT2D eigenvalue weighted by Crippen LogP contribution is 2.20. The first-order chi connectivity index (χ1) is 14.5. The van der Waals surface area contributed by atoms with E-state index in [1.54, 1.807) is 0 Å². The van der Waals surface area contributed by atoms with Gasteiger partial charge in [0.25, 0.3) is 0 Å². The Balaban J connectivity index is 1.32. The van der Waals surface area contributed by atoms with Gasteiger partial charge in [0.15, 0.2) is 0 Å². The van der Waals surface area contributed by atoms with Crippen LogP contribution in [-0.2, 0) is 14.3 Å². The summed E-state index contributed by atoms with van der Waals surface area (Å²) in [6.45, 7) is 14.5. The summed E-state index contributed by atoms with van der Waals surface area (Å²) in [6.07, 6.45) is 0.215. The summed E-state index contributed by atoms with van der Waals surface area (Å²) in [5, 5.41) is 0. The second-order valence-corrected chi connectivity index (χ2v) is 8.59. The van der Waals surface area contributed by atoms with Gasteiger partial charge < -0.3 is 24.2 Å². The molecule has 2 atom stereocenters. The van der Waals surface area contributed by atoms with Gasteiger partial charge in [-0.3, -0.25) is 9.69 Å². The summed E-state index contributed by atoms with van der Waals surface area (Å²) in [5.41, 5.74) is 0.981. The fraction of sp³-hybridized carbons (Fsp3) is 0.762. The molecule has 3 aliphatic rings. The molecule has 0 aliphatic carbocycles. The maximum absolute atomic E-state index is 12.8. The highest BCUT2D eigenvalue weighted by Gasteiger charge is 2.28. The van der Waals surface area contributed by atoms with Crippen LogP contribution in [0.2, 0.25) is 0 Å². The first-order valence-electron chi connectivity index (χ1n) is 11.1. The van der Waals surface area contributed by atoms with Crippen LogP contribution < -0.4 is 9.80 Å². The van der Waals surface area contributed by atoms with Crippen molar-refractivity contribution in [3.63, 3.8) is 0 Å². The van der Waals surface area contributed by atoms with Crippen LogP contribution in [0, 0.1) is 6.92 Å². The highest BCUT2D eigenvalue weighted by molar-refractivity contribution is 5.78. The van der Waals surface area contributed by atoms with Crippen molar-refractivity contribution in [3.8, 4) is 0 Å². The molecule has 1 aromatic heterocycles. The van der Waals surface area contributed by atoms with Crippen LogP contribution in [0.5, 0.6) is 0 Å². The van der Waals surface area contributed by atoms with E-state index in [1.807, 2.05) is 25.7 Å². The lowest BCUT2D eigenvalue weighted by atomic mass is 10.2. The van der Waals surface area contributed by atoms with Crippen molar-refractivity contribution >= 4 is 17.7 Å². The maximum atomic E-state index is 12.8. The third-order valence-corrected chi connectivity index (χ3v) is 5.95. The third-order valence-electron chi connectivity index (χ3n) is 5.95. The maximum Gasteiger partial charge on any atom is 0.236 e. The van der Waals surface area contributed by atoms with Gasteiger partial charge in [0.1, 0.15) is 5.82 Å². The summed E-state index contributed by atoms with van der Waals surface area (Å²) in [5.74, 6) is 1.98. The van der Waals surface area contributed by atoms with E-state index in [4.69, 9.17) is 14.5 Å². The second-order valence-electron chi connectivity index (χ2n) is 8.59. The molecule has 1 amide bonds. The molecule has 1 aromatic rings. The molecule has 30 heavy (non-hydrogen) atoms. The Morgan fingerprint density at radius 3 is 2.33 bits per heavy atom. The Morgan fingerprint density at radius 1 is 1.00 bits per heavy atom. The van der Waals surface area contributed by atoms with Crippen LogP contribution >= 0.6 is 0 Å². The number of aryl methyl sites for hydroxylation is 1. The lowest BCUT2D eigenvalue weighted by molar-refractivity contribution is -0.144. The quantitative estimate of drug-likeness (QED) is 0.695. The number of piperazine rings is 1. The molecular weight excluding hydrogens is 384 g/mol. The minimum Gasteiger partial charge on any atom is -0.378 e. The first kappa shape index (κ1) is 21.3. The first-order valence-corrected chi connectivity index (χ1v) is 11.1. The van der Waals surface area contributed by atoms with E-state index in [2.05, 4.69) is 25.8 Å². The number of amides is 1. The monoisotopic (exact) mass is 418 g/mol. The van der Waals surface area contributed by atoms with E-state index >= 15 is 0 Å². The number of rotatable bonds is 4. The van der Waals surface area contributed by atoms with Gasteiger partial charge in [0.2, 0.25) is 11.9 Å². The molecule has 3 fully saturated rings. The Hall–Kier alpha value is -1.97. The van der Waals surface area contributed by atoms with E-state index in [0.29, 0.717) is 19.6 Å². The molecule has 3 aliphatic heterocycles. The molecule has 0 N–H and O–H groups in total. The molecule has 4 rings (SSSR count). The van der Waals surface area contributed by atoms with Crippen molar-refractivity contribution in [2.45, 2.75) is 33.0 Å². The Bertz CT molecular complexity index is 723. The van der Waals surface area contributed by atoms with Gasteiger partial charge >= 0.3 is 0 Å². The largest absolute Gasteiger partial charge is 0.378 e. The van der Waals surface area contributed by atoms with Gasteiger partial charge in [-0.1, -0.05) is 0 Å². The molecule has 166 valence electrons. The van der Waals surface area contributed by atoms with E-state index < -0.39 is 0 Å². The van der Waals surface area contributed by atoms with Crippen molar-refractivity contribution in [2.24, 2.45) is 0 Å².